The van der Waals surface area contributed by atoms with Crippen LogP contribution in [0.4, 0.5) is 0 Å². The molecular formula is C17H25N5. The number of guanidine groups is 1. The molecule has 5 heteroatoms. The van der Waals surface area contributed by atoms with Gasteiger partial charge < -0.3 is 14.6 Å². The van der Waals surface area contributed by atoms with Crippen LogP contribution in [0.2, 0.25) is 0 Å². The first-order valence-corrected chi connectivity index (χ1v) is 8.05. The summed E-state index contributed by atoms with van der Waals surface area (Å²) in [5.41, 5.74) is 3.27. The average molecular weight is 299 g/mol. The summed E-state index contributed by atoms with van der Waals surface area (Å²) < 4.78 is 2.07. The first kappa shape index (κ1) is 14.9. The monoisotopic (exact) mass is 299 g/mol. The number of hydrogen-bond acceptors (Lipinski definition) is 2. The predicted molar refractivity (Wildman–Crippen MR) is 90.1 cm³/mol. The maximum absolute atomic E-state index is 4.67. The molecule has 2 aromatic heterocycles. The van der Waals surface area contributed by atoms with Crippen LogP contribution in [0.25, 0.3) is 5.65 Å². The molecular weight excluding hydrogens is 274 g/mol. The number of rotatable bonds is 2. The van der Waals surface area contributed by atoms with Crippen LogP contribution in [-0.2, 0) is 6.54 Å². The number of aryl methyl sites for hydroxylation is 1. The molecule has 1 N–H and O–H groups in total. The van der Waals surface area contributed by atoms with Crippen molar-refractivity contribution >= 4 is 11.6 Å². The van der Waals surface area contributed by atoms with Crippen LogP contribution < -0.4 is 5.32 Å². The fraction of sp³-hybridized carbons (Fsp3) is 0.529. The van der Waals surface area contributed by atoms with Gasteiger partial charge in [-0.25, -0.2) is 4.98 Å². The van der Waals surface area contributed by atoms with Gasteiger partial charge in [-0.1, -0.05) is 6.92 Å². The van der Waals surface area contributed by atoms with Gasteiger partial charge in [0.1, 0.15) is 5.65 Å². The molecule has 0 saturated carbocycles. The van der Waals surface area contributed by atoms with Crippen LogP contribution in [0.3, 0.4) is 0 Å². The number of likely N-dealkylation sites (tertiary alicyclic amines) is 1. The van der Waals surface area contributed by atoms with Gasteiger partial charge in [0.2, 0.25) is 0 Å². The molecule has 1 saturated heterocycles. The lowest BCUT2D eigenvalue weighted by Gasteiger charge is -2.33. The Morgan fingerprint density at radius 1 is 1.50 bits per heavy atom. The van der Waals surface area contributed by atoms with Crippen LogP contribution >= 0.6 is 0 Å². The van der Waals surface area contributed by atoms with Gasteiger partial charge in [-0.2, -0.15) is 0 Å². The number of aliphatic imine (C=N–C) groups is 1. The standard InChI is InChI=1S/C17H25N5/c1-13-6-8-21-12-15(20-16(21)9-13)10-19-17(18-3)22-7-4-5-14(2)11-22/h6,8-9,12,14H,4-5,7,10-11H2,1-3H3,(H,18,19). The number of hydrogen-bond donors (Lipinski definition) is 1. The summed E-state index contributed by atoms with van der Waals surface area (Å²) in [4.78, 5) is 11.4. The summed E-state index contributed by atoms with van der Waals surface area (Å²) in [6, 6.07) is 4.20. The Morgan fingerprint density at radius 2 is 2.36 bits per heavy atom. The highest BCUT2D eigenvalue weighted by Crippen LogP contribution is 2.15. The predicted octanol–water partition coefficient (Wildman–Crippen LogP) is 2.45. The van der Waals surface area contributed by atoms with Crippen LogP contribution in [0.5, 0.6) is 0 Å². The molecule has 1 aliphatic heterocycles. The second-order valence-corrected chi connectivity index (χ2v) is 6.30. The highest BCUT2D eigenvalue weighted by molar-refractivity contribution is 5.79. The fourth-order valence-corrected chi connectivity index (χ4v) is 3.11. The van der Waals surface area contributed by atoms with Crippen molar-refractivity contribution < 1.29 is 0 Å². The summed E-state index contributed by atoms with van der Waals surface area (Å²) in [7, 11) is 1.86. The van der Waals surface area contributed by atoms with E-state index in [-0.39, 0.29) is 0 Å². The van der Waals surface area contributed by atoms with E-state index < -0.39 is 0 Å². The van der Waals surface area contributed by atoms with Crippen LogP contribution in [-0.4, -0.2) is 40.4 Å². The molecule has 3 rings (SSSR count). The van der Waals surface area contributed by atoms with Gasteiger partial charge in [0, 0.05) is 32.5 Å². The van der Waals surface area contributed by atoms with E-state index in [0.717, 1.165) is 36.3 Å². The molecule has 0 radical (unpaired) electrons. The van der Waals surface area contributed by atoms with E-state index in [2.05, 4.69) is 63.0 Å². The first-order valence-electron chi connectivity index (χ1n) is 8.05. The lowest BCUT2D eigenvalue weighted by Crippen LogP contribution is -2.45. The van der Waals surface area contributed by atoms with Crippen molar-refractivity contribution in [3.05, 3.63) is 35.8 Å². The molecule has 0 bridgehead atoms. The highest BCUT2D eigenvalue weighted by Gasteiger charge is 2.19. The van der Waals surface area contributed by atoms with Gasteiger partial charge in [0.25, 0.3) is 0 Å². The molecule has 1 atom stereocenters. The molecule has 22 heavy (non-hydrogen) atoms. The Hall–Kier alpha value is -2.04. The molecule has 5 nitrogen and oxygen atoms in total. The minimum Gasteiger partial charge on any atom is -0.351 e. The maximum Gasteiger partial charge on any atom is 0.193 e. The molecule has 2 aromatic rings. The molecule has 1 fully saturated rings. The Bertz CT molecular complexity index is 673. The minimum absolute atomic E-state index is 0.707. The Kier molecular flexibility index (Phi) is 4.32. The number of nitrogens with one attached hydrogen (secondary N) is 1. The van der Waals surface area contributed by atoms with E-state index >= 15 is 0 Å². The van der Waals surface area contributed by atoms with Crippen molar-refractivity contribution in [3.63, 3.8) is 0 Å². The van der Waals surface area contributed by atoms with Gasteiger partial charge in [-0.3, -0.25) is 4.99 Å². The van der Waals surface area contributed by atoms with Crippen molar-refractivity contribution in [1.29, 1.82) is 0 Å². The van der Waals surface area contributed by atoms with Gasteiger partial charge in [-0.15, -0.1) is 0 Å². The number of nitrogens with zero attached hydrogens (tertiary/aromatic N) is 4. The van der Waals surface area contributed by atoms with E-state index in [1.54, 1.807) is 0 Å². The average Bonchev–Trinajstić information content (AvgIpc) is 2.90. The van der Waals surface area contributed by atoms with Crippen LogP contribution in [0.1, 0.15) is 31.0 Å². The van der Waals surface area contributed by atoms with Gasteiger partial charge in [0.05, 0.1) is 12.2 Å². The van der Waals surface area contributed by atoms with Crippen molar-refractivity contribution in [1.82, 2.24) is 19.6 Å². The SMILES string of the molecule is CN=C(NCc1cn2ccc(C)cc2n1)N1CCCC(C)C1. The van der Waals surface area contributed by atoms with E-state index in [4.69, 9.17) is 0 Å². The summed E-state index contributed by atoms with van der Waals surface area (Å²) in [5, 5.41) is 3.45. The zero-order valence-electron chi connectivity index (χ0n) is 13.7. The molecule has 118 valence electrons. The molecule has 0 amide bonds. The smallest absolute Gasteiger partial charge is 0.193 e. The summed E-state index contributed by atoms with van der Waals surface area (Å²) in [5.74, 6) is 1.73. The third kappa shape index (κ3) is 3.24. The Labute approximate surface area is 132 Å². The van der Waals surface area contributed by atoms with Crippen molar-refractivity contribution in [2.45, 2.75) is 33.2 Å². The zero-order valence-corrected chi connectivity index (χ0v) is 13.7. The van der Waals surface area contributed by atoms with E-state index in [1.807, 2.05) is 7.05 Å². The number of aromatic nitrogens is 2. The van der Waals surface area contributed by atoms with Crippen molar-refractivity contribution in [2.24, 2.45) is 10.9 Å². The molecule has 1 unspecified atom stereocenters. The number of imidazole rings is 1. The van der Waals surface area contributed by atoms with E-state index in [0.29, 0.717) is 6.54 Å². The number of piperidine rings is 1. The third-order valence-corrected chi connectivity index (χ3v) is 4.26. The number of fused-ring (bicyclic) bond motifs is 1. The fourth-order valence-electron chi connectivity index (χ4n) is 3.11. The topological polar surface area (TPSA) is 44.9 Å². The normalized spacial score (nSPS) is 19.7. The molecule has 0 aromatic carbocycles. The van der Waals surface area contributed by atoms with E-state index in [1.165, 1.54) is 18.4 Å². The van der Waals surface area contributed by atoms with Crippen molar-refractivity contribution in [3.8, 4) is 0 Å². The van der Waals surface area contributed by atoms with Gasteiger partial charge in [-0.05, 0) is 43.4 Å². The van der Waals surface area contributed by atoms with Crippen molar-refractivity contribution in [2.75, 3.05) is 20.1 Å². The first-order chi connectivity index (χ1) is 10.7. The zero-order chi connectivity index (χ0) is 15.5. The van der Waals surface area contributed by atoms with Crippen LogP contribution in [0.15, 0.2) is 29.5 Å². The minimum atomic E-state index is 0.707. The quantitative estimate of drug-likeness (QED) is 0.684. The molecule has 0 spiro atoms. The Balaban J connectivity index is 1.66. The highest BCUT2D eigenvalue weighted by atomic mass is 15.3. The second kappa shape index (κ2) is 6.38. The van der Waals surface area contributed by atoms with Gasteiger partial charge in [0.15, 0.2) is 5.96 Å². The van der Waals surface area contributed by atoms with E-state index in [9.17, 15) is 0 Å². The van der Waals surface area contributed by atoms with Gasteiger partial charge >= 0.3 is 0 Å². The molecule has 3 heterocycles. The Morgan fingerprint density at radius 3 is 3.14 bits per heavy atom. The number of pyridine rings is 1. The maximum atomic E-state index is 4.67. The summed E-state index contributed by atoms with van der Waals surface area (Å²) in [6.07, 6.45) is 6.70. The lowest BCUT2D eigenvalue weighted by molar-refractivity contribution is 0.266. The molecule has 0 aliphatic carbocycles. The largest absolute Gasteiger partial charge is 0.351 e. The summed E-state index contributed by atoms with van der Waals surface area (Å²) >= 11 is 0. The molecule has 1 aliphatic rings. The second-order valence-electron chi connectivity index (χ2n) is 6.30. The lowest BCUT2D eigenvalue weighted by atomic mass is 10.0. The third-order valence-electron chi connectivity index (χ3n) is 4.26. The van der Waals surface area contributed by atoms with Crippen LogP contribution in [0, 0.1) is 12.8 Å². The summed E-state index contributed by atoms with van der Waals surface area (Å²) in [6.45, 7) is 7.28.